The van der Waals surface area contributed by atoms with E-state index in [4.69, 9.17) is 10.6 Å². The highest BCUT2D eigenvalue weighted by Crippen LogP contribution is 2.29. The molecule has 0 aromatic heterocycles. The topological polar surface area (TPSA) is 44.5 Å². The van der Waals surface area contributed by atoms with Crippen molar-refractivity contribution in [2.24, 2.45) is 5.90 Å². The smallest absolute Gasteiger partial charge is 0.267 e. The number of benzene rings is 1. The number of methoxy groups -OCH3 is 1. The maximum atomic E-state index is 12.5. The molecule has 0 fully saturated rings. The van der Waals surface area contributed by atoms with Crippen molar-refractivity contribution in [3.05, 3.63) is 29.3 Å². The Morgan fingerprint density at radius 1 is 1.43 bits per heavy atom. The summed E-state index contributed by atoms with van der Waals surface area (Å²) in [4.78, 5) is 4.35. The van der Waals surface area contributed by atoms with Crippen LogP contribution in [0.3, 0.4) is 0 Å². The third kappa shape index (κ3) is 2.40. The molecule has 0 spiro atoms. The SMILES string of the molecule is COc1ccc(CON)cc1C(F)F. The highest BCUT2D eigenvalue weighted by Gasteiger charge is 2.14. The van der Waals surface area contributed by atoms with Crippen molar-refractivity contribution < 1.29 is 18.4 Å². The summed E-state index contributed by atoms with van der Waals surface area (Å²) in [7, 11) is 1.35. The fourth-order valence-corrected chi connectivity index (χ4v) is 1.14. The van der Waals surface area contributed by atoms with Gasteiger partial charge in [-0.3, -0.25) is 4.84 Å². The van der Waals surface area contributed by atoms with Crippen LogP contribution in [0.4, 0.5) is 8.78 Å². The van der Waals surface area contributed by atoms with Gasteiger partial charge in [-0.25, -0.2) is 14.7 Å². The Kier molecular flexibility index (Phi) is 3.79. The van der Waals surface area contributed by atoms with Gasteiger partial charge in [0, 0.05) is 0 Å². The zero-order chi connectivity index (χ0) is 10.6. The molecule has 0 heterocycles. The maximum Gasteiger partial charge on any atom is 0.267 e. The van der Waals surface area contributed by atoms with Crippen LogP contribution in [0.1, 0.15) is 17.6 Å². The third-order valence-electron chi connectivity index (χ3n) is 1.78. The first kappa shape index (κ1) is 10.9. The molecule has 5 heteroatoms. The molecule has 1 aromatic rings. The molecule has 0 atom stereocenters. The minimum absolute atomic E-state index is 0.101. The van der Waals surface area contributed by atoms with Crippen LogP contribution in [0.25, 0.3) is 0 Å². The van der Waals surface area contributed by atoms with Gasteiger partial charge in [-0.2, -0.15) is 0 Å². The number of ether oxygens (including phenoxy) is 1. The predicted molar refractivity (Wildman–Crippen MR) is 46.9 cm³/mol. The van der Waals surface area contributed by atoms with Crippen molar-refractivity contribution in [1.82, 2.24) is 0 Å². The monoisotopic (exact) mass is 203 g/mol. The molecule has 0 saturated carbocycles. The van der Waals surface area contributed by atoms with E-state index in [1.54, 1.807) is 6.07 Å². The second-order valence-corrected chi connectivity index (χ2v) is 2.69. The lowest BCUT2D eigenvalue weighted by atomic mass is 10.1. The van der Waals surface area contributed by atoms with Crippen molar-refractivity contribution in [2.75, 3.05) is 7.11 Å². The molecule has 0 aliphatic rings. The maximum absolute atomic E-state index is 12.5. The number of hydrogen-bond acceptors (Lipinski definition) is 3. The van der Waals surface area contributed by atoms with Gasteiger partial charge in [-0.15, -0.1) is 0 Å². The summed E-state index contributed by atoms with van der Waals surface area (Å²) in [6, 6.07) is 4.41. The molecule has 0 aliphatic carbocycles. The first-order valence-electron chi connectivity index (χ1n) is 3.95. The highest BCUT2D eigenvalue weighted by molar-refractivity contribution is 5.37. The van der Waals surface area contributed by atoms with Gasteiger partial charge in [-0.05, 0) is 17.7 Å². The van der Waals surface area contributed by atoms with E-state index in [1.807, 2.05) is 0 Å². The molecule has 2 N–H and O–H groups in total. The Labute approximate surface area is 80.4 Å². The van der Waals surface area contributed by atoms with Crippen LogP contribution in [0.5, 0.6) is 5.75 Å². The zero-order valence-corrected chi connectivity index (χ0v) is 7.67. The Hall–Kier alpha value is -1.20. The lowest BCUT2D eigenvalue weighted by Crippen LogP contribution is -2.00. The third-order valence-corrected chi connectivity index (χ3v) is 1.78. The fourth-order valence-electron chi connectivity index (χ4n) is 1.14. The van der Waals surface area contributed by atoms with Crippen molar-refractivity contribution in [1.29, 1.82) is 0 Å². The molecule has 1 rings (SSSR count). The quantitative estimate of drug-likeness (QED) is 0.761. The summed E-state index contributed by atoms with van der Waals surface area (Å²) in [5.41, 5.74) is 0.436. The minimum atomic E-state index is -2.57. The number of halogens is 2. The summed E-state index contributed by atoms with van der Waals surface area (Å²) in [5.74, 6) is 5.01. The lowest BCUT2D eigenvalue weighted by Gasteiger charge is -2.09. The number of rotatable bonds is 4. The van der Waals surface area contributed by atoms with E-state index < -0.39 is 6.43 Å². The average Bonchev–Trinajstić information content (AvgIpc) is 2.18. The largest absolute Gasteiger partial charge is 0.496 e. The van der Waals surface area contributed by atoms with Crippen LogP contribution < -0.4 is 10.6 Å². The van der Waals surface area contributed by atoms with E-state index in [0.29, 0.717) is 5.56 Å². The second-order valence-electron chi connectivity index (χ2n) is 2.69. The minimum Gasteiger partial charge on any atom is -0.496 e. The van der Waals surface area contributed by atoms with Gasteiger partial charge in [0.1, 0.15) is 5.75 Å². The average molecular weight is 203 g/mol. The van der Waals surface area contributed by atoms with Crippen LogP contribution in [0, 0.1) is 0 Å². The van der Waals surface area contributed by atoms with E-state index in [0.717, 1.165) is 0 Å². The molecule has 0 amide bonds. The van der Waals surface area contributed by atoms with Gasteiger partial charge in [-0.1, -0.05) is 6.07 Å². The normalized spacial score (nSPS) is 10.6. The van der Waals surface area contributed by atoms with Crippen LogP contribution in [0.2, 0.25) is 0 Å². The summed E-state index contributed by atoms with van der Waals surface area (Å²) in [6.07, 6.45) is -2.57. The summed E-state index contributed by atoms with van der Waals surface area (Å²) in [6.45, 7) is 0.101. The molecular weight excluding hydrogens is 192 g/mol. The standard InChI is InChI=1S/C9H11F2NO2/c1-13-8-3-2-6(5-14-12)4-7(8)9(10)11/h2-4,9H,5,12H2,1H3. The lowest BCUT2D eigenvalue weighted by molar-refractivity contribution is 0.122. The number of alkyl halides is 2. The van der Waals surface area contributed by atoms with Crippen LogP contribution in [0.15, 0.2) is 18.2 Å². The van der Waals surface area contributed by atoms with Gasteiger partial charge >= 0.3 is 0 Å². The van der Waals surface area contributed by atoms with Crippen LogP contribution in [-0.4, -0.2) is 7.11 Å². The molecule has 14 heavy (non-hydrogen) atoms. The second kappa shape index (κ2) is 4.88. The Morgan fingerprint density at radius 2 is 2.14 bits per heavy atom. The molecular formula is C9H11F2NO2. The van der Waals surface area contributed by atoms with Gasteiger partial charge in [0.15, 0.2) is 0 Å². The van der Waals surface area contributed by atoms with E-state index in [1.165, 1.54) is 19.2 Å². The molecule has 3 nitrogen and oxygen atoms in total. The molecule has 0 bridgehead atoms. The zero-order valence-electron chi connectivity index (χ0n) is 7.67. The van der Waals surface area contributed by atoms with Crippen LogP contribution in [-0.2, 0) is 11.4 Å². The highest BCUT2D eigenvalue weighted by atomic mass is 19.3. The van der Waals surface area contributed by atoms with Gasteiger partial charge < -0.3 is 4.74 Å². The first-order valence-corrected chi connectivity index (χ1v) is 3.95. The van der Waals surface area contributed by atoms with Crippen molar-refractivity contribution >= 4 is 0 Å². The van der Waals surface area contributed by atoms with E-state index >= 15 is 0 Å². The predicted octanol–water partition coefficient (Wildman–Crippen LogP) is 2.02. The number of nitrogens with two attached hydrogens (primary N) is 1. The van der Waals surface area contributed by atoms with Crippen molar-refractivity contribution in [3.8, 4) is 5.75 Å². The molecule has 0 radical (unpaired) electrons. The van der Waals surface area contributed by atoms with E-state index in [2.05, 4.69) is 4.84 Å². The van der Waals surface area contributed by atoms with Crippen molar-refractivity contribution in [3.63, 3.8) is 0 Å². The van der Waals surface area contributed by atoms with E-state index in [9.17, 15) is 8.78 Å². The first-order chi connectivity index (χ1) is 6.69. The molecule has 78 valence electrons. The summed E-state index contributed by atoms with van der Waals surface area (Å²) in [5, 5.41) is 0. The molecule has 0 aliphatic heterocycles. The fraction of sp³-hybridized carbons (Fsp3) is 0.333. The molecule has 1 aromatic carbocycles. The Morgan fingerprint density at radius 3 is 2.64 bits per heavy atom. The Balaban J connectivity index is 3.01. The Bertz CT molecular complexity index is 305. The molecule has 0 unspecified atom stereocenters. The van der Waals surface area contributed by atoms with Gasteiger partial charge in [0.2, 0.25) is 0 Å². The molecule has 0 saturated heterocycles. The summed E-state index contributed by atoms with van der Waals surface area (Å²) < 4.78 is 29.8. The van der Waals surface area contributed by atoms with Gasteiger partial charge in [0.25, 0.3) is 6.43 Å². The van der Waals surface area contributed by atoms with Crippen LogP contribution >= 0.6 is 0 Å². The number of hydrogen-bond donors (Lipinski definition) is 1. The van der Waals surface area contributed by atoms with E-state index in [-0.39, 0.29) is 17.9 Å². The van der Waals surface area contributed by atoms with Crippen molar-refractivity contribution in [2.45, 2.75) is 13.0 Å². The summed E-state index contributed by atoms with van der Waals surface area (Å²) >= 11 is 0. The van der Waals surface area contributed by atoms with Gasteiger partial charge in [0.05, 0.1) is 19.3 Å².